The van der Waals surface area contributed by atoms with Crippen LogP contribution in [0.1, 0.15) is 10.4 Å². The van der Waals surface area contributed by atoms with Crippen LogP contribution in [0, 0.1) is 30.3 Å². The molecular formula is C13H5Cl2N3O8. The molecule has 0 aliphatic rings. The molecule has 2 aromatic rings. The highest BCUT2D eigenvalue weighted by atomic mass is 35.5. The van der Waals surface area contributed by atoms with Gasteiger partial charge in [-0.15, -0.1) is 0 Å². The van der Waals surface area contributed by atoms with Crippen LogP contribution in [0.25, 0.3) is 0 Å². The number of hydrogen-bond donors (Lipinski definition) is 0. The minimum absolute atomic E-state index is 0.0903. The van der Waals surface area contributed by atoms with Crippen LogP contribution in [0.15, 0.2) is 30.3 Å². The summed E-state index contributed by atoms with van der Waals surface area (Å²) in [6, 6.07) is 4.06. The molecule has 0 aliphatic heterocycles. The SMILES string of the molecule is O=C(Oc1c(Cl)cc(Cl)cc1[N+](=O)[O-])c1cc([N+](=O)[O-])cc([N+](=O)[O-])c1. The van der Waals surface area contributed by atoms with Crippen molar-refractivity contribution in [3.8, 4) is 5.75 Å². The molecule has 13 heteroatoms. The van der Waals surface area contributed by atoms with Gasteiger partial charge in [-0.2, -0.15) is 0 Å². The third-order valence-electron chi connectivity index (χ3n) is 2.94. The first-order valence-electron chi connectivity index (χ1n) is 6.39. The molecule has 2 rings (SSSR count). The molecular weight excluding hydrogens is 397 g/mol. The average molecular weight is 402 g/mol. The molecule has 0 aliphatic carbocycles. The average Bonchev–Trinajstić information content (AvgIpc) is 2.56. The second-order valence-corrected chi connectivity index (χ2v) is 5.48. The molecule has 11 nitrogen and oxygen atoms in total. The smallest absolute Gasteiger partial charge is 0.344 e. The van der Waals surface area contributed by atoms with Crippen molar-refractivity contribution in [2.45, 2.75) is 0 Å². The van der Waals surface area contributed by atoms with Crippen molar-refractivity contribution in [3.63, 3.8) is 0 Å². The molecule has 0 radical (unpaired) electrons. The molecule has 0 spiro atoms. The van der Waals surface area contributed by atoms with Gasteiger partial charge in [0.05, 0.1) is 31.4 Å². The number of carbonyl (C=O) groups excluding carboxylic acids is 1. The number of rotatable bonds is 5. The molecule has 134 valence electrons. The first-order chi connectivity index (χ1) is 12.1. The third-order valence-corrected chi connectivity index (χ3v) is 3.44. The number of nitro benzene ring substituents is 3. The van der Waals surface area contributed by atoms with Gasteiger partial charge in [-0.3, -0.25) is 30.3 Å². The van der Waals surface area contributed by atoms with E-state index in [1.165, 1.54) is 0 Å². The quantitative estimate of drug-likeness (QED) is 0.315. The molecule has 0 N–H and O–H groups in total. The van der Waals surface area contributed by atoms with E-state index in [1.807, 2.05) is 0 Å². The Hall–Kier alpha value is -3.31. The molecule has 2 aromatic carbocycles. The zero-order valence-corrected chi connectivity index (χ0v) is 13.8. The maximum Gasteiger partial charge on any atom is 0.344 e. The summed E-state index contributed by atoms with van der Waals surface area (Å²) in [5, 5.41) is 32.3. The van der Waals surface area contributed by atoms with E-state index in [0.29, 0.717) is 6.07 Å². The lowest BCUT2D eigenvalue weighted by atomic mass is 10.1. The Balaban J connectivity index is 2.50. The van der Waals surface area contributed by atoms with E-state index < -0.39 is 49.1 Å². The molecule has 0 aromatic heterocycles. The Morgan fingerprint density at radius 1 is 0.846 bits per heavy atom. The summed E-state index contributed by atoms with van der Waals surface area (Å²) >= 11 is 11.4. The van der Waals surface area contributed by atoms with Gasteiger partial charge < -0.3 is 4.74 Å². The number of ether oxygens (including phenoxy) is 1. The van der Waals surface area contributed by atoms with Crippen LogP contribution in [-0.2, 0) is 0 Å². The highest BCUT2D eigenvalue weighted by molar-refractivity contribution is 6.36. The van der Waals surface area contributed by atoms with Gasteiger partial charge in [0.15, 0.2) is 0 Å². The van der Waals surface area contributed by atoms with Crippen LogP contribution < -0.4 is 4.74 Å². The number of hydrogen-bond acceptors (Lipinski definition) is 8. The maximum absolute atomic E-state index is 12.2. The lowest BCUT2D eigenvalue weighted by Crippen LogP contribution is -2.11. The molecule has 0 amide bonds. The van der Waals surface area contributed by atoms with Crippen molar-refractivity contribution in [1.82, 2.24) is 0 Å². The van der Waals surface area contributed by atoms with Gasteiger partial charge in [0.1, 0.15) is 0 Å². The third kappa shape index (κ3) is 4.02. The Kier molecular flexibility index (Phi) is 5.33. The summed E-state index contributed by atoms with van der Waals surface area (Å²) in [5.74, 6) is -1.97. The molecule has 0 heterocycles. The molecule has 0 saturated carbocycles. The molecule has 0 unspecified atom stereocenters. The van der Waals surface area contributed by atoms with Crippen molar-refractivity contribution in [2.75, 3.05) is 0 Å². The normalized spacial score (nSPS) is 10.2. The summed E-state index contributed by atoms with van der Waals surface area (Å²) in [6.45, 7) is 0. The highest BCUT2D eigenvalue weighted by Gasteiger charge is 2.26. The highest BCUT2D eigenvalue weighted by Crippen LogP contribution is 2.38. The number of nitrogens with zero attached hydrogens (tertiary/aromatic N) is 3. The first-order valence-corrected chi connectivity index (χ1v) is 7.15. The van der Waals surface area contributed by atoms with Crippen LogP contribution in [-0.4, -0.2) is 20.7 Å². The molecule has 0 saturated heterocycles. The summed E-state index contributed by atoms with van der Waals surface area (Å²) < 4.78 is 4.83. The summed E-state index contributed by atoms with van der Waals surface area (Å²) in [4.78, 5) is 42.2. The van der Waals surface area contributed by atoms with Crippen molar-refractivity contribution in [3.05, 3.63) is 76.3 Å². The van der Waals surface area contributed by atoms with E-state index in [4.69, 9.17) is 27.9 Å². The second-order valence-electron chi connectivity index (χ2n) is 4.63. The fraction of sp³-hybridized carbons (Fsp3) is 0. The Labute approximate surface area is 153 Å². The molecule has 0 bridgehead atoms. The number of esters is 1. The number of benzene rings is 2. The van der Waals surface area contributed by atoms with Crippen LogP contribution >= 0.6 is 23.2 Å². The van der Waals surface area contributed by atoms with Crippen LogP contribution in [0.2, 0.25) is 10.0 Å². The largest absolute Gasteiger partial charge is 0.414 e. The van der Waals surface area contributed by atoms with E-state index in [2.05, 4.69) is 0 Å². The molecule has 26 heavy (non-hydrogen) atoms. The van der Waals surface area contributed by atoms with E-state index in [1.54, 1.807) is 0 Å². The van der Waals surface area contributed by atoms with E-state index >= 15 is 0 Å². The fourth-order valence-electron chi connectivity index (χ4n) is 1.86. The Bertz CT molecular complexity index is 930. The lowest BCUT2D eigenvalue weighted by Gasteiger charge is -2.07. The van der Waals surface area contributed by atoms with Crippen molar-refractivity contribution < 1.29 is 24.3 Å². The summed E-state index contributed by atoms with van der Waals surface area (Å²) in [6.07, 6.45) is 0. The van der Waals surface area contributed by atoms with E-state index in [9.17, 15) is 35.1 Å². The minimum atomic E-state index is -1.32. The zero-order valence-electron chi connectivity index (χ0n) is 12.3. The Morgan fingerprint density at radius 3 is 1.85 bits per heavy atom. The number of nitro groups is 3. The summed E-state index contributed by atoms with van der Waals surface area (Å²) in [7, 11) is 0. The second kappa shape index (κ2) is 7.29. The van der Waals surface area contributed by atoms with Crippen LogP contribution in [0.5, 0.6) is 5.75 Å². The monoisotopic (exact) mass is 401 g/mol. The summed E-state index contributed by atoms with van der Waals surface area (Å²) in [5.41, 5.74) is -2.76. The van der Waals surface area contributed by atoms with Gasteiger partial charge >= 0.3 is 11.7 Å². The predicted octanol–water partition coefficient (Wildman–Crippen LogP) is 3.94. The first kappa shape index (κ1) is 19.0. The number of non-ortho nitro benzene ring substituents is 2. The van der Waals surface area contributed by atoms with Gasteiger partial charge in [-0.25, -0.2) is 4.79 Å². The zero-order chi connectivity index (χ0) is 19.6. The van der Waals surface area contributed by atoms with Gasteiger partial charge in [-0.05, 0) is 6.07 Å². The topological polar surface area (TPSA) is 156 Å². The van der Waals surface area contributed by atoms with E-state index in [-0.39, 0.29) is 10.0 Å². The standard InChI is InChI=1S/C13H5Cl2N3O8/c14-7-3-10(15)12(11(4-7)18(24)25)26-13(19)6-1-8(16(20)21)5-9(2-6)17(22)23/h1-5H. The molecule has 0 fully saturated rings. The predicted molar refractivity (Wildman–Crippen MR) is 87.8 cm³/mol. The van der Waals surface area contributed by atoms with Crippen LogP contribution in [0.4, 0.5) is 17.1 Å². The van der Waals surface area contributed by atoms with Crippen molar-refractivity contribution in [1.29, 1.82) is 0 Å². The Morgan fingerprint density at radius 2 is 1.38 bits per heavy atom. The van der Waals surface area contributed by atoms with Gasteiger partial charge in [0.2, 0.25) is 5.75 Å². The van der Waals surface area contributed by atoms with E-state index in [0.717, 1.165) is 24.3 Å². The van der Waals surface area contributed by atoms with Crippen LogP contribution in [0.3, 0.4) is 0 Å². The minimum Gasteiger partial charge on any atom is -0.414 e. The number of halogens is 2. The fourth-order valence-corrected chi connectivity index (χ4v) is 2.38. The van der Waals surface area contributed by atoms with Crippen molar-refractivity contribution in [2.24, 2.45) is 0 Å². The van der Waals surface area contributed by atoms with Crippen molar-refractivity contribution >= 4 is 46.2 Å². The van der Waals surface area contributed by atoms with Gasteiger partial charge in [0.25, 0.3) is 11.4 Å². The molecule has 0 atom stereocenters. The van der Waals surface area contributed by atoms with Gasteiger partial charge in [0, 0.05) is 23.2 Å². The maximum atomic E-state index is 12.2. The lowest BCUT2D eigenvalue weighted by molar-refractivity contribution is -0.394. The number of carbonyl (C=O) groups is 1. The van der Waals surface area contributed by atoms with Gasteiger partial charge in [-0.1, -0.05) is 23.2 Å².